The summed E-state index contributed by atoms with van der Waals surface area (Å²) in [5, 5.41) is 15.8. The van der Waals surface area contributed by atoms with E-state index in [0.717, 1.165) is 12.8 Å². The van der Waals surface area contributed by atoms with Gasteiger partial charge in [0.05, 0.1) is 5.92 Å². The van der Waals surface area contributed by atoms with Crippen molar-refractivity contribution in [3.63, 3.8) is 0 Å². The Labute approximate surface area is 126 Å². The molecule has 0 unspecified atom stereocenters. The molecule has 1 amide bonds. The summed E-state index contributed by atoms with van der Waals surface area (Å²) in [4.78, 5) is 23.4. The Morgan fingerprint density at radius 2 is 1.57 bits per heavy atom. The van der Waals surface area contributed by atoms with Crippen molar-refractivity contribution < 1.29 is 14.7 Å². The molecule has 2 fully saturated rings. The second-order valence-corrected chi connectivity index (χ2v) is 8.05. The van der Waals surface area contributed by atoms with Gasteiger partial charge in [-0.25, -0.2) is 0 Å². The van der Waals surface area contributed by atoms with Crippen LogP contribution in [0.15, 0.2) is 0 Å². The number of rotatable bonds is 3. The maximum Gasteiger partial charge on any atom is 0.306 e. The smallest absolute Gasteiger partial charge is 0.306 e. The van der Waals surface area contributed by atoms with Crippen molar-refractivity contribution in [2.75, 3.05) is 0 Å². The second kappa shape index (κ2) is 5.59. The summed E-state index contributed by atoms with van der Waals surface area (Å²) < 4.78 is 0. The second-order valence-electron chi connectivity index (χ2n) is 8.05. The monoisotopic (exact) mass is 296 g/mol. The molecule has 2 rings (SSSR count). The van der Waals surface area contributed by atoms with Crippen LogP contribution in [0.3, 0.4) is 0 Å². The lowest BCUT2D eigenvalue weighted by Gasteiger charge is -2.46. The van der Waals surface area contributed by atoms with E-state index in [1.54, 1.807) is 0 Å². The lowest BCUT2D eigenvalue weighted by Crippen LogP contribution is -2.62. The Morgan fingerprint density at radius 1 is 1.05 bits per heavy atom. The summed E-state index contributed by atoms with van der Waals surface area (Å²) in [6.07, 6.45) is 3.60. The molecule has 0 spiro atoms. The van der Waals surface area contributed by atoms with Gasteiger partial charge < -0.3 is 15.7 Å². The minimum absolute atomic E-state index is 0.00102. The number of carbonyl (C=O) groups is 2. The van der Waals surface area contributed by atoms with E-state index in [-0.39, 0.29) is 34.9 Å². The fourth-order valence-electron chi connectivity index (χ4n) is 4.19. The molecular weight excluding hydrogens is 268 g/mol. The van der Waals surface area contributed by atoms with Crippen molar-refractivity contribution in [2.24, 2.45) is 11.8 Å². The molecule has 1 aliphatic heterocycles. The highest BCUT2D eigenvalue weighted by Gasteiger charge is 2.40. The number of piperidine rings is 1. The molecular formula is C16H28N2O3. The van der Waals surface area contributed by atoms with Crippen LogP contribution in [0.2, 0.25) is 0 Å². The number of carboxylic acid groups (broad SMARTS) is 1. The number of amides is 1. The zero-order valence-corrected chi connectivity index (χ0v) is 13.5. The summed E-state index contributed by atoms with van der Waals surface area (Å²) in [5.41, 5.74) is -0.00204. The first-order valence-electron chi connectivity index (χ1n) is 7.90. The van der Waals surface area contributed by atoms with E-state index in [1.807, 2.05) is 0 Å². The van der Waals surface area contributed by atoms with Gasteiger partial charge in [-0.1, -0.05) is 0 Å². The summed E-state index contributed by atoms with van der Waals surface area (Å²) in [5.74, 6) is -1.21. The van der Waals surface area contributed by atoms with Crippen LogP contribution in [0.1, 0.15) is 59.8 Å². The van der Waals surface area contributed by atoms with Crippen molar-refractivity contribution >= 4 is 11.9 Å². The number of carbonyl (C=O) groups excluding carboxylic acids is 1. The fourth-order valence-corrected chi connectivity index (χ4v) is 4.19. The van der Waals surface area contributed by atoms with E-state index in [0.29, 0.717) is 19.3 Å². The molecule has 0 radical (unpaired) electrons. The summed E-state index contributed by atoms with van der Waals surface area (Å²) in [7, 11) is 0. The van der Waals surface area contributed by atoms with Crippen LogP contribution >= 0.6 is 0 Å². The molecule has 1 aliphatic carbocycles. The van der Waals surface area contributed by atoms with Gasteiger partial charge in [-0.15, -0.1) is 0 Å². The quantitative estimate of drug-likeness (QED) is 0.743. The lowest BCUT2D eigenvalue weighted by molar-refractivity contribution is -0.141. The molecule has 5 nitrogen and oxygen atoms in total. The molecule has 1 saturated heterocycles. The SMILES string of the molecule is CC1(C)CC(NC(=O)[C@@H]2CC[C@H](C(=O)O)C2)CC(C)(C)N1. The van der Waals surface area contributed by atoms with Crippen molar-refractivity contribution in [2.45, 2.75) is 76.9 Å². The van der Waals surface area contributed by atoms with E-state index in [1.165, 1.54) is 0 Å². The zero-order chi connectivity index (χ0) is 15.8. The summed E-state index contributed by atoms with van der Waals surface area (Å²) in [6.45, 7) is 8.62. The number of hydrogen-bond acceptors (Lipinski definition) is 3. The Hall–Kier alpha value is -1.10. The van der Waals surface area contributed by atoms with E-state index in [2.05, 4.69) is 38.3 Å². The van der Waals surface area contributed by atoms with Crippen molar-refractivity contribution in [1.82, 2.24) is 10.6 Å². The third kappa shape index (κ3) is 4.19. The average Bonchev–Trinajstić information content (AvgIpc) is 2.72. The van der Waals surface area contributed by atoms with Crippen LogP contribution in [-0.2, 0) is 9.59 Å². The standard InChI is InChI=1S/C16H28N2O3/c1-15(2)8-12(9-16(3,4)18-15)17-13(19)10-5-6-11(7-10)14(20)21/h10-12,18H,5-9H2,1-4H3,(H,17,19)(H,20,21)/t10-,11+/m1/s1. The van der Waals surface area contributed by atoms with Crippen molar-refractivity contribution in [3.05, 3.63) is 0 Å². The van der Waals surface area contributed by atoms with Crippen molar-refractivity contribution in [3.8, 4) is 0 Å². The van der Waals surface area contributed by atoms with Gasteiger partial charge >= 0.3 is 5.97 Å². The molecule has 0 bridgehead atoms. The third-order valence-corrected chi connectivity index (χ3v) is 4.69. The van der Waals surface area contributed by atoms with E-state index in [4.69, 9.17) is 5.11 Å². The first-order valence-corrected chi connectivity index (χ1v) is 7.90. The Kier molecular flexibility index (Phi) is 4.34. The van der Waals surface area contributed by atoms with Crippen LogP contribution in [0.4, 0.5) is 0 Å². The Morgan fingerprint density at radius 3 is 2.05 bits per heavy atom. The van der Waals surface area contributed by atoms with E-state index in [9.17, 15) is 9.59 Å². The van der Waals surface area contributed by atoms with Gasteiger partial charge in [0.1, 0.15) is 0 Å². The van der Waals surface area contributed by atoms with Crippen molar-refractivity contribution in [1.29, 1.82) is 0 Å². The van der Waals surface area contributed by atoms with E-state index >= 15 is 0 Å². The van der Waals surface area contributed by atoms with E-state index < -0.39 is 5.97 Å². The molecule has 2 aliphatic rings. The first kappa shape index (κ1) is 16.3. The highest BCUT2D eigenvalue weighted by atomic mass is 16.4. The predicted molar refractivity (Wildman–Crippen MR) is 80.9 cm³/mol. The molecule has 3 N–H and O–H groups in total. The molecule has 2 atom stereocenters. The molecule has 0 aromatic heterocycles. The van der Waals surface area contributed by atoms with Gasteiger partial charge in [0, 0.05) is 23.0 Å². The number of nitrogens with one attached hydrogen (secondary N) is 2. The minimum atomic E-state index is -0.769. The maximum atomic E-state index is 12.4. The Bertz CT molecular complexity index is 415. The molecule has 1 saturated carbocycles. The van der Waals surface area contributed by atoms with Gasteiger partial charge in [0.2, 0.25) is 5.91 Å². The third-order valence-electron chi connectivity index (χ3n) is 4.69. The minimum Gasteiger partial charge on any atom is -0.481 e. The average molecular weight is 296 g/mol. The molecule has 0 aromatic rings. The first-order chi connectivity index (χ1) is 9.58. The zero-order valence-electron chi connectivity index (χ0n) is 13.5. The van der Waals surface area contributed by atoms with Crippen LogP contribution in [0.25, 0.3) is 0 Å². The van der Waals surface area contributed by atoms with Gasteiger partial charge in [-0.3, -0.25) is 9.59 Å². The molecule has 5 heteroatoms. The van der Waals surface area contributed by atoms with Crippen LogP contribution in [0, 0.1) is 11.8 Å². The topological polar surface area (TPSA) is 78.4 Å². The Balaban J connectivity index is 1.92. The van der Waals surface area contributed by atoms with Gasteiger partial charge in [-0.2, -0.15) is 0 Å². The van der Waals surface area contributed by atoms with Crippen LogP contribution in [-0.4, -0.2) is 34.1 Å². The number of aliphatic carboxylic acids is 1. The normalized spacial score (nSPS) is 31.8. The highest BCUT2D eigenvalue weighted by Crippen LogP contribution is 2.33. The van der Waals surface area contributed by atoms with Crippen LogP contribution < -0.4 is 10.6 Å². The molecule has 120 valence electrons. The summed E-state index contributed by atoms with van der Waals surface area (Å²) in [6, 6.07) is 0.160. The lowest BCUT2D eigenvalue weighted by atomic mass is 9.79. The fraction of sp³-hybridized carbons (Fsp3) is 0.875. The van der Waals surface area contributed by atoms with Gasteiger partial charge in [0.15, 0.2) is 0 Å². The molecule has 21 heavy (non-hydrogen) atoms. The summed E-state index contributed by atoms with van der Waals surface area (Å²) >= 11 is 0. The van der Waals surface area contributed by atoms with Gasteiger partial charge in [0.25, 0.3) is 0 Å². The maximum absolute atomic E-state index is 12.4. The van der Waals surface area contributed by atoms with Gasteiger partial charge in [-0.05, 0) is 59.8 Å². The predicted octanol–water partition coefficient (Wildman–Crippen LogP) is 1.91. The van der Waals surface area contributed by atoms with Crippen LogP contribution in [0.5, 0.6) is 0 Å². The number of hydrogen-bond donors (Lipinski definition) is 3. The highest BCUT2D eigenvalue weighted by molar-refractivity contribution is 5.81. The largest absolute Gasteiger partial charge is 0.481 e. The number of carboxylic acids is 1. The molecule has 1 heterocycles. The molecule has 0 aromatic carbocycles.